The van der Waals surface area contributed by atoms with Crippen molar-refractivity contribution < 1.29 is 14.0 Å². The molecule has 3 aromatic carbocycles. The van der Waals surface area contributed by atoms with Gasteiger partial charge in [0, 0.05) is 30.6 Å². The molecular formula is C25H24ClFN2O2. The fraction of sp³-hybridized carbons (Fsp3) is 0.200. The van der Waals surface area contributed by atoms with E-state index in [0.29, 0.717) is 17.0 Å². The zero-order valence-electron chi connectivity index (χ0n) is 17.2. The Morgan fingerprint density at radius 2 is 1.58 bits per heavy atom. The fourth-order valence-electron chi connectivity index (χ4n) is 3.41. The van der Waals surface area contributed by atoms with Gasteiger partial charge in [-0.1, -0.05) is 72.3 Å². The van der Waals surface area contributed by atoms with E-state index in [4.69, 9.17) is 11.6 Å². The number of carbonyl (C=O) groups is 2. The monoisotopic (exact) mass is 438 g/mol. The number of carbonyl (C=O) groups excluding carboxylic acids is 2. The Morgan fingerprint density at radius 3 is 2.23 bits per heavy atom. The first-order valence-corrected chi connectivity index (χ1v) is 10.4. The van der Waals surface area contributed by atoms with Gasteiger partial charge in [-0.05, 0) is 29.3 Å². The number of nitrogens with zero attached hydrogens (tertiary/aromatic N) is 1. The van der Waals surface area contributed by atoms with E-state index in [0.717, 1.165) is 11.1 Å². The van der Waals surface area contributed by atoms with Crippen molar-refractivity contribution in [1.29, 1.82) is 0 Å². The molecule has 6 heteroatoms. The quantitative estimate of drug-likeness (QED) is 0.566. The predicted octanol–water partition coefficient (Wildman–Crippen LogP) is 4.41. The predicted molar refractivity (Wildman–Crippen MR) is 120 cm³/mol. The third kappa shape index (κ3) is 6.15. The molecule has 0 saturated heterocycles. The van der Waals surface area contributed by atoms with Gasteiger partial charge < -0.3 is 10.2 Å². The molecule has 0 aromatic heterocycles. The van der Waals surface area contributed by atoms with Gasteiger partial charge in [-0.15, -0.1) is 0 Å². The Bertz CT molecular complexity index is 1030. The van der Waals surface area contributed by atoms with E-state index in [2.05, 4.69) is 5.32 Å². The zero-order chi connectivity index (χ0) is 22.2. The smallest absolute Gasteiger partial charge is 0.242 e. The minimum atomic E-state index is -0.785. The van der Waals surface area contributed by atoms with Crippen molar-refractivity contribution in [1.82, 2.24) is 10.2 Å². The number of nitrogens with one attached hydrogen (secondary N) is 1. The molecule has 160 valence electrons. The largest absolute Gasteiger partial charge is 0.357 e. The molecule has 4 nitrogen and oxygen atoms in total. The van der Waals surface area contributed by atoms with Crippen molar-refractivity contribution in [3.8, 4) is 0 Å². The topological polar surface area (TPSA) is 49.4 Å². The highest BCUT2D eigenvalue weighted by Gasteiger charge is 2.30. The van der Waals surface area contributed by atoms with Crippen molar-refractivity contribution >= 4 is 23.4 Å². The van der Waals surface area contributed by atoms with Crippen LogP contribution in [0.5, 0.6) is 0 Å². The van der Waals surface area contributed by atoms with Crippen LogP contribution in [0.3, 0.4) is 0 Å². The summed E-state index contributed by atoms with van der Waals surface area (Å²) in [6, 6.07) is 21.9. The van der Waals surface area contributed by atoms with Crippen LogP contribution in [-0.2, 0) is 29.0 Å². The SMILES string of the molecule is CNC(=O)[C@@H](Cc1ccccc1)N(Cc1ccccc1F)C(=O)Cc1ccc(Cl)cc1. The van der Waals surface area contributed by atoms with Crippen LogP contribution in [0.2, 0.25) is 5.02 Å². The third-order valence-corrected chi connectivity index (χ3v) is 5.34. The lowest BCUT2D eigenvalue weighted by Crippen LogP contribution is -2.50. The minimum absolute atomic E-state index is 0.00990. The second-order valence-electron chi connectivity index (χ2n) is 7.24. The number of hydrogen-bond acceptors (Lipinski definition) is 2. The molecule has 0 heterocycles. The Labute approximate surface area is 186 Å². The van der Waals surface area contributed by atoms with Crippen LogP contribution in [0.25, 0.3) is 0 Å². The highest BCUT2D eigenvalue weighted by molar-refractivity contribution is 6.30. The maximum atomic E-state index is 14.4. The van der Waals surface area contributed by atoms with Gasteiger partial charge in [0.15, 0.2) is 0 Å². The Hall–Kier alpha value is -3.18. The summed E-state index contributed by atoms with van der Waals surface area (Å²) in [7, 11) is 1.53. The average Bonchev–Trinajstić information content (AvgIpc) is 2.79. The highest BCUT2D eigenvalue weighted by Crippen LogP contribution is 2.18. The van der Waals surface area contributed by atoms with E-state index in [1.165, 1.54) is 18.0 Å². The summed E-state index contributed by atoms with van der Waals surface area (Å²) < 4.78 is 14.4. The second-order valence-corrected chi connectivity index (χ2v) is 7.67. The van der Waals surface area contributed by atoms with Gasteiger partial charge in [0.25, 0.3) is 0 Å². The summed E-state index contributed by atoms with van der Waals surface area (Å²) >= 11 is 5.95. The maximum absolute atomic E-state index is 14.4. The summed E-state index contributed by atoms with van der Waals surface area (Å²) in [6.45, 7) is -0.00990. The van der Waals surface area contributed by atoms with Gasteiger partial charge in [0.1, 0.15) is 11.9 Å². The number of amides is 2. The summed E-state index contributed by atoms with van der Waals surface area (Å²) in [5.41, 5.74) is 2.03. The molecule has 0 saturated carbocycles. The number of halogens is 2. The molecule has 1 atom stereocenters. The summed E-state index contributed by atoms with van der Waals surface area (Å²) in [4.78, 5) is 27.6. The number of hydrogen-bond donors (Lipinski definition) is 1. The molecule has 0 fully saturated rings. The van der Waals surface area contributed by atoms with Crippen molar-refractivity contribution in [2.75, 3.05) is 7.05 Å². The Morgan fingerprint density at radius 1 is 0.935 bits per heavy atom. The fourth-order valence-corrected chi connectivity index (χ4v) is 3.54. The molecule has 0 unspecified atom stereocenters. The molecule has 0 aliphatic heterocycles. The lowest BCUT2D eigenvalue weighted by atomic mass is 10.0. The van der Waals surface area contributed by atoms with Crippen molar-refractivity contribution in [2.24, 2.45) is 0 Å². The number of rotatable bonds is 8. The van der Waals surface area contributed by atoms with E-state index in [9.17, 15) is 14.0 Å². The van der Waals surface area contributed by atoms with Crippen LogP contribution in [-0.4, -0.2) is 29.8 Å². The molecule has 0 spiro atoms. The van der Waals surface area contributed by atoms with Crippen LogP contribution in [0.1, 0.15) is 16.7 Å². The summed E-state index contributed by atoms with van der Waals surface area (Å²) in [6.07, 6.45) is 0.398. The average molecular weight is 439 g/mol. The zero-order valence-corrected chi connectivity index (χ0v) is 18.0. The van der Waals surface area contributed by atoms with Gasteiger partial charge in [-0.3, -0.25) is 9.59 Å². The van der Waals surface area contributed by atoms with Crippen LogP contribution < -0.4 is 5.32 Å². The molecule has 0 aliphatic rings. The van der Waals surface area contributed by atoms with Crippen LogP contribution in [0.4, 0.5) is 4.39 Å². The van der Waals surface area contributed by atoms with E-state index in [-0.39, 0.29) is 24.8 Å². The maximum Gasteiger partial charge on any atom is 0.242 e. The molecule has 0 bridgehead atoms. The molecule has 31 heavy (non-hydrogen) atoms. The molecule has 0 aliphatic carbocycles. The third-order valence-electron chi connectivity index (χ3n) is 5.08. The number of likely N-dealkylation sites (N-methyl/N-ethyl adjacent to an activating group) is 1. The first kappa shape index (κ1) is 22.5. The van der Waals surface area contributed by atoms with Gasteiger partial charge in [-0.25, -0.2) is 4.39 Å². The lowest BCUT2D eigenvalue weighted by Gasteiger charge is -2.31. The molecular weight excluding hydrogens is 415 g/mol. The van der Waals surface area contributed by atoms with E-state index in [1.54, 1.807) is 42.5 Å². The molecule has 0 radical (unpaired) electrons. The van der Waals surface area contributed by atoms with E-state index < -0.39 is 11.9 Å². The second kappa shape index (κ2) is 10.7. The highest BCUT2D eigenvalue weighted by atomic mass is 35.5. The first-order valence-electron chi connectivity index (χ1n) is 10.0. The molecule has 1 N–H and O–H groups in total. The normalized spacial score (nSPS) is 11.6. The molecule has 3 rings (SSSR count). The summed E-state index contributed by atoms with van der Waals surface area (Å²) in [5.74, 6) is -0.984. The minimum Gasteiger partial charge on any atom is -0.357 e. The summed E-state index contributed by atoms with van der Waals surface area (Å²) in [5, 5.41) is 3.22. The molecule has 2 amide bonds. The van der Waals surface area contributed by atoms with Crippen molar-refractivity contribution in [3.05, 3.63) is 106 Å². The van der Waals surface area contributed by atoms with Gasteiger partial charge in [0.05, 0.1) is 6.42 Å². The van der Waals surface area contributed by atoms with Crippen molar-refractivity contribution in [2.45, 2.75) is 25.4 Å². The Balaban J connectivity index is 1.94. The van der Waals surface area contributed by atoms with Crippen LogP contribution in [0, 0.1) is 5.82 Å². The van der Waals surface area contributed by atoms with E-state index in [1.807, 2.05) is 30.3 Å². The van der Waals surface area contributed by atoms with E-state index >= 15 is 0 Å². The Kier molecular flexibility index (Phi) is 7.79. The molecule has 3 aromatic rings. The lowest BCUT2D eigenvalue weighted by molar-refractivity contribution is -0.140. The van der Waals surface area contributed by atoms with Gasteiger partial charge >= 0.3 is 0 Å². The van der Waals surface area contributed by atoms with Crippen molar-refractivity contribution in [3.63, 3.8) is 0 Å². The van der Waals surface area contributed by atoms with Gasteiger partial charge in [-0.2, -0.15) is 0 Å². The number of benzene rings is 3. The van der Waals surface area contributed by atoms with Crippen LogP contribution in [0.15, 0.2) is 78.9 Å². The van der Waals surface area contributed by atoms with Crippen LogP contribution >= 0.6 is 11.6 Å². The van der Waals surface area contributed by atoms with Gasteiger partial charge in [0.2, 0.25) is 11.8 Å². The standard InChI is InChI=1S/C25H24ClFN2O2/c1-28-25(31)23(15-18-7-3-2-4-8-18)29(17-20-9-5-6-10-22(20)27)24(30)16-19-11-13-21(26)14-12-19/h2-14,23H,15-17H2,1H3,(H,28,31)/t23-/m1/s1. The first-order chi connectivity index (χ1) is 15.0.